The largest absolute Gasteiger partial charge is 0.438 e. The second kappa shape index (κ2) is 9.32. The maximum atomic E-state index is 12.3. The third-order valence-electron chi connectivity index (χ3n) is 7.03. The van der Waals surface area contributed by atoms with Gasteiger partial charge >= 0.3 is 6.09 Å². The van der Waals surface area contributed by atoms with Gasteiger partial charge in [0.15, 0.2) is 5.13 Å². The number of carbonyl (C=O) groups excluding carboxylic acids is 1. The van der Waals surface area contributed by atoms with Gasteiger partial charge in [-0.2, -0.15) is 0 Å². The molecule has 3 aromatic carbocycles. The molecule has 0 aliphatic carbocycles. The van der Waals surface area contributed by atoms with E-state index in [4.69, 9.17) is 9.72 Å². The van der Waals surface area contributed by atoms with Gasteiger partial charge in [0.1, 0.15) is 5.60 Å². The molecule has 6 nitrogen and oxygen atoms in total. The van der Waals surface area contributed by atoms with Crippen LogP contribution in [0.25, 0.3) is 10.2 Å². The standard InChI is InChI=1S/C28H28N4O2S/c33-27-31-23-11-5-4-10-22(23)28(34-27)14-16-32(17-15-28)19-21(18-20-8-2-1-3-9-20)29-26-30-24-12-6-7-13-25(24)35-26/h1-13,21H,14-19H2,(H,29,30)(H,31,33)/t21-/m0/s1. The molecule has 3 heterocycles. The van der Waals surface area contributed by atoms with Crippen molar-refractivity contribution < 1.29 is 9.53 Å². The van der Waals surface area contributed by atoms with E-state index in [0.717, 1.165) is 60.8 Å². The van der Waals surface area contributed by atoms with Crippen molar-refractivity contribution in [2.75, 3.05) is 30.3 Å². The molecule has 6 rings (SSSR count). The Hall–Kier alpha value is -3.42. The molecule has 1 saturated heterocycles. The van der Waals surface area contributed by atoms with Crippen molar-refractivity contribution >= 4 is 38.5 Å². The summed E-state index contributed by atoms with van der Waals surface area (Å²) in [6.45, 7) is 2.64. The number of ether oxygens (including phenoxy) is 1. The van der Waals surface area contributed by atoms with Crippen molar-refractivity contribution in [1.29, 1.82) is 0 Å². The summed E-state index contributed by atoms with van der Waals surface area (Å²) in [5, 5.41) is 7.54. The van der Waals surface area contributed by atoms with Gasteiger partial charge in [0.25, 0.3) is 0 Å². The Labute approximate surface area is 208 Å². The van der Waals surface area contributed by atoms with E-state index in [9.17, 15) is 4.79 Å². The molecule has 0 radical (unpaired) electrons. The summed E-state index contributed by atoms with van der Waals surface area (Å²) in [5.41, 5.74) is 3.76. The first-order valence-electron chi connectivity index (χ1n) is 12.1. The normalized spacial score (nSPS) is 18.0. The van der Waals surface area contributed by atoms with E-state index in [2.05, 4.69) is 70.1 Å². The van der Waals surface area contributed by atoms with E-state index in [1.165, 1.54) is 10.3 Å². The zero-order chi connectivity index (χ0) is 23.7. The molecular formula is C28H28N4O2S. The summed E-state index contributed by atoms with van der Waals surface area (Å²) < 4.78 is 7.11. The lowest BCUT2D eigenvalue weighted by Gasteiger charge is -2.44. The molecule has 1 atom stereocenters. The third-order valence-corrected chi connectivity index (χ3v) is 8.00. The van der Waals surface area contributed by atoms with Crippen LogP contribution in [0.2, 0.25) is 0 Å². The van der Waals surface area contributed by atoms with Crippen LogP contribution in [0, 0.1) is 0 Å². The average Bonchev–Trinajstić information content (AvgIpc) is 3.28. The predicted octanol–water partition coefficient (Wildman–Crippen LogP) is 5.87. The van der Waals surface area contributed by atoms with Crippen LogP contribution in [0.15, 0.2) is 78.9 Å². The lowest BCUT2D eigenvalue weighted by atomic mass is 9.82. The zero-order valence-corrected chi connectivity index (χ0v) is 20.3. The fraction of sp³-hybridized carbons (Fsp3) is 0.286. The molecule has 1 aromatic heterocycles. The van der Waals surface area contributed by atoms with Crippen LogP contribution in [-0.2, 0) is 16.8 Å². The first-order chi connectivity index (χ1) is 17.2. The third kappa shape index (κ3) is 4.61. The van der Waals surface area contributed by atoms with Crippen molar-refractivity contribution in [3.63, 3.8) is 0 Å². The molecule has 0 unspecified atom stereocenters. The Kier molecular flexibility index (Phi) is 5.88. The van der Waals surface area contributed by atoms with Crippen LogP contribution in [-0.4, -0.2) is 41.7 Å². The number of benzene rings is 3. The van der Waals surface area contributed by atoms with Crippen molar-refractivity contribution in [3.8, 4) is 0 Å². The predicted molar refractivity (Wildman–Crippen MR) is 141 cm³/mol. The maximum absolute atomic E-state index is 12.3. The monoisotopic (exact) mass is 484 g/mol. The van der Waals surface area contributed by atoms with Crippen molar-refractivity contribution in [3.05, 3.63) is 90.0 Å². The summed E-state index contributed by atoms with van der Waals surface area (Å²) in [5.74, 6) is 0. The lowest BCUT2D eigenvalue weighted by molar-refractivity contribution is -0.0383. The molecule has 35 heavy (non-hydrogen) atoms. The van der Waals surface area contributed by atoms with Crippen LogP contribution in [0.5, 0.6) is 0 Å². The number of fused-ring (bicyclic) bond motifs is 3. The number of thiazole rings is 1. The number of carbonyl (C=O) groups is 1. The number of hydrogen-bond acceptors (Lipinski definition) is 6. The number of amides is 1. The first kappa shape index (κ1) is 22.1. The van der Waals surface area contributed by atoms with Crippen molar-refractivity contribution in [1.82, 2.24) is 9.88 Å². The van der Waals surface area contributed by atoms with Gasteiger partial charge in [-0.15, -0.1) is 0 Å². The molecule has 1 amide bonds. The van der Waals surface area contributed by atoms with Crippen LogP contribution >= 0.6 is 11.3 Å². The molecular weight excluding hydrogens is 456 g/mol. The number of hydrogen-bond donors (Lipinski definition) is 2. The summed E-state index contributed by atoms with van der Waals surface area (Å²) in [7, 11) is 0. The molecule has 0 saturated carbocycles. The fourth-order valence-corrected chi connectivity index (χ4v) is 6.25. The number of likely N-dealkylation sites (tertiary alicyclic amines) is 1. The van der Waals surface area contributed by atoms with Gasteiger partial charge in [0, 0.05) is 44.1 Å². The van der Waals surface area contributed by atoms with Gasteiger partial charge in [0.05, 0.1) is 15.9 Å². The molecule has 2 aliphatic heterocycles. The van der Waals surface area contributed by atoms with Crippen LogP contribution in [0.4, 0.5) is 15.6 Å². The molecule has 4 aromatic rings. The number of rotatable bonds is 6. The van der Waals surface area contributed by atoms with Gasteiger partial charge in [-0.1, -0.05) is 72.0 Å². The molecule has 178 valence electrons. The highest BCUT2D eigenvalue weighted by Gasteiger charge is 2.44. The van der Waals surface area contributed by atoms with E-state index >= 15 is 0 Å². The number of aromatic nitrogens is 1. The van der Waals surface area contributed by atoms with Crippen molar-refractivity contribution in [2.45, 2.75) is 30.9 Å². The summed E-state index contributed by atoms with van der Waals surface area (Å²) in [6, 6.07) is 27.1. The summed E-state index contributed by atoms with van der Waals surface area (Å²) >= 11 is 1.70. The van der Waals surface area contributed by atoms with Gasteiger partial charge in [-0.25, -0.2) is 9.78 Å². The maximum Gasteiger partial charge on any atom is 0.412 e. The second-order valence-electron chi connectivity index (χ2n) is 9.37. The van der Waals surface area contributed by atoms with Gasteiger partial charge < -0.3 is 15.0 Å². The van der Waals surface area contributed by atoms with Crippen LogP contribution < -0.4 is 10.6 Å². The number of piperidine rings is 1. The van der Waals surface area contributed by atoms with E-state index in [1.54, 1.807) is 11.3 Å². The number of anilines is 2. The number of para-hydroxylation sites is 2. The van der Waals surface area contributed by atoms with Gasteiger partial charge in [0.2, 0.25) is 0 Å². The molecule has 2 aliphatic rings. The Morgan fingerprint density at radius 1 is 1.00 bits per heavy atom. The highest BCUT2D eigenvalue weighted by molar-refractivity contribution is 7.22. The summed E-state index contributed by atoms with van der Waals surface area (Å²) in [6.07, 6.45) is 2.14. The van der Waals surface area contributed by atoms with Crippen LogP contribution in [0.1, 0.15) is 24.0 Å². The Morgan fingerprint density at radius 3 is 2.57 bits per heavy atom. The quantitative estimate of drug-likeness (QED) is 0.358. The smallest absolute Gasteiger partial charge is 0.412 e. The minimum Gasteiger partial charge on any atom is -0.438 e. The molecule has 7 heteroatoms. The number of nitrogens with one attached hydrogen (secondary N) is 2. The van der Waals surface area contributed by atoms with E-state index in [-0.39, 0.29) is 12.1 Å². The minimum atomic E-state index is -0.537. The highest BCUT2D eigenvalue weighted by Crippen LogP contribution is 2.43. The molecule has 1 fully saturated rings. The van der Waals surface area contributed by atoms with E-state index < -0.39 is 5.60 Å². The first-order valence-corrected chi connectivity index (χ1v) is 13.0. The summed E-state index contributed by atoms with van der Waals surface area (Å²) in [4.78, 5) is 19.6. The van der Waals surface area contributed by atoms with E-state index in [0.29, 0.717) is 0 Å². The number of nitrogens with zero attached hydrogens (tertiary/aromatic N) is 2. The van der Waals surface area contributed by atoms with Gasteiger partial charge in [-0.05, 0) is 30.2 Å². The minimum absolute atomic E-state index is 0.217. The molecule has 0 bridgehead atoms. The Morgan fingerprint density at radius 2 is 1.74 bits per heavy atom. The topological polar surface area (TPSA) is 66.5 Å². The zero-order valence-electron chi connectivity index (χ0n) is 19.4. The average molecular weight is 485 g/mol. The van der Waals surface area contributed by atoms with Gasteiger partial charge in [-0.3, -0.25) is 5.32 Å². The second-order valence-corrected chi connectivity index (χ2v) is 10.4. The van der Waals surface area contributed by atoms with E-state index in [1.807, 2.05) is 24.3 Å². The SMILES string of the molecule is O=C1Nc2ccccc2C2(CCN(C[C@H](Cc3ccccc3)Nc3nc4ccccc4s3)CC2)O1. The van der Waals surface area contributed by atoms with Crippen molar-refractivity contribution in [2.24, 2.45) is 0 Å². The molecule has 1 spiro atoms. The Balaban J connectivity index is 1.18. The van der Waals surface area contributed by atoms with Crippen LogP contribution in [0.3, 0.4) is 0 Å². The lowest BCUT2D eigenvalue weighted by Crippen LogP contribution is -2.50. The Bertz CT molecular complexity index is 1300. The molecule has 2 N–H and O–H groups in total. The fourth-order valence-electron chi connectivity index (χ4n) is 5.31. The highest BCUT2D eigenvalue weighted by atomic mass is 32.1.